The first kappa shape index (κ1) is 16.7. The number of hydrogen-bond acceptors (Lipinski definition) is 5. The molecule has 122 valence electrons. The average molecular weight is 355 g/mol. The summed E-state index contributed by atoms with van der Waals surface area (Å²) in [6.45, 7) is 0.651. The number of rotatable bonds is 7. The monoisotopic (exact) mass is 355 g/mol. The molecule has 0 aliphatic carbocycles. The van der Waals surface area contributed by atoms with Crippen LogP contribution in [0.25, 0.3) is 10.6 Å². The van der Waals surface area contributed by atoms with Crippen molar-refractivity contribution in [3.8, 4) is 10.6 Å². The van der Waals surface area contributed by atoms with Crippen molar-refractivity contribution in [1.29, 1.82) is 0 Å². The Kier molecular flexibility index (Phi) is 5.98. The topological polar surface area (TPSA) is 54.9 Å². The van der Waals surface area contributed by atoms with Crippen LogP contribution in [0.15, 0.2) is 65.1 Å². The first-order valence-corrected chi connectivity index (χ1v) is 9.47. The molecule has 0 spiro atoms. The van der Waals surface area contributed by atoms with Gasteiger partial charge in [-0.25, -0.2) is 4.98 Å². The van der Waals surface area contributed by atoms with Crippen molar-refractivity contribution in [1.82, 2.24) is 15.3 Å². The van der Waals surface area contributed by atoms with Crippen molar-refractivity contribution in [2.24, 2.45) is 0 Å². The molecule has 3 rings (SSSR count). The molecule has 1 N–H and O–H groups in total. The molecule has 0 aliphatic heterocycles. The third-order valence-corrected chi connectivity index (χ3v) is 5.19. The third kappa shape index (κ3) is 4.91. The number of carbonyl (C=O) groups is 1. The van der Waals surface area contributed by atoms with E-state index >= 15 is 0 Å². The molecule has 0 radical (unpaired) electrons. The van der Waals surface area contributed by atoms with E-state index in [2.05, 4.69) is 27.4 Å². The standard InChI is InChI=1S/C18H17N3OS2/c22-17(20-9-10-23-16-6-2-1-3-7-16)11-15-13-24-18(21-15)14-5-4-8-19-12-14/h1-8,12-13H,9-11H2,(H,20,22). The highest BCUT2D eigenvalue weighted by Gasteiger charge is 2.08. The molecule has 1 amide bonds. The summed E-state index contributed by atoms with van der Waals surface area (Å²) in [6, 6.07) is 14.0. The van der Waals surface area contributed by atoms with Crippen LogP contribution in [0.4, 0.5) is 0 Å². The molecule has 2 heterocycles. The van der Waals surface area contributed by atoms with Crippen LogP contribution in [0, 0.1) is 0 Å². The SMILES string of the molecule is O=C(Cc1csc(-c2cccnc2)n1)NCCSc1ccccc1. The summed E-state index contributed by atoms with van der Waals surface area (Å²) in [5.74, 6) is 0.861. The Balaban J connectivity index is 1.43. The molecule has 0 saturated carbocycles. The maximum atomic E-state index is 12.0. The zero-order valence-corrected chi connectivity index (χ0v) is 14.6. The van der Waals surface area contributed by atoms with E-state index < -0.39 is 0 Å². The van der Waals surface area contributed by atoms with Gasteiger partial charge in [-0.05, 0) is 24.3 Å². The number of benzene rings is 1. The second kappa shape index (κ2) is 8.61. The lowest BCUT2D eigenvalue weighted by Gasteiger charge is -2.04. The summed E-state index contributed by atoms with van der Waals surface area (Å²) in [6.07, 6.45) is 3.83. The van der Waals surface area contributed by atoms with Gasteiger partial charge >= 0.3 is 0 Å². The van der Waals surface area contributed by atoms with Crippen LogP contribution in [0.5, 0.6) is 0 Å². The number of nitrogens with one attached hydrogen (secondary N) is 1. The second-order valence-corrected chi connectivity index (χ2v) is 7.10. The minimum Gasteiger partial charge on any atom is -0.355 e. The number of aromatic nitrogens is 2. The lowest BCUT2D eigenvalue weighted by atomic mass is 10.3. The number of thioether (sulfide) groups is 1. The molecule has 3 aromatic rings. The number of amides is 1. The van der Waals surface area contributed by atoms with Gasteiger partial charge in [-0.15, -0.1) is 23.1 Å². The molecular weight excluding hydrogens is 338 g/mol. The van der Waals surface area contributed by atoms with Crippen LogP contribution in [0.2, 0.25) is 0 Å². The Morgan fingerprint density at radius 2 is 2.04 bits per heavy atom. The second-order valence-electron chi connectivity index (χ2n) is 5.07. The van der Waals surface area contributed by atoms with Gasteiger partial charge in [0.2, 0.25) is 5.91 Å². The van der Waals surface area contributed by atoms with Crippen LogP contribution < -0.4 is 5.32 Å². The number of hydrogen-bond donors (Lipinski definition) is 1. The van der Waals surface area contributed by atoms with Crippen molar-refractivity contribution in [3.63, 3.8) is 0 Å². The van der Waals surface area contributed by atoms with Crippen LogP contribution in [0.1, 0.15) is 5.69 Å². The van der Waals surface area contributed by atoms with Crippen molar-refractivity contribution < 1.29 is 4.79 Å². The lowest BCUT2D eigenvalue weighted by Crippen LogP contribution is -2.27. The highest BCUT2D eigenvalue weighted by molar-refractivity contribution is 7.99. The van der Waals surface area contributed by atoms with Gasteiger partial charge in [0, 0.05) is 40.5 Å². The first-order valence-electron chi connectivity index (χ1n) is 7.60. The van der Waals surface area contributed by atoms with Gasteiger partial charge in [0.25, 0.3) is 0 Å². The van der Waals surface area contributed by atoms with Crippen LogP contribution >= 0.6 is 23.1 Å². The van der Waals surface area contributed by atoms with Gasteiger partial charge in [-0.2, -0.15) is 0 Å². The molecule has 0 saturated heterocycles. The molecule has 0 unspecified atom stereocenters. The first-order chi connectivity index (χ1) is 11.8. The Bertz CT molecular complexity index is 775. The van der Waals surface area contributed by atoms with Crippen molar-refractivity contribution in [2.45, 2.75) is 11.3 Å². The summed E-state index contributed by atoms with van der Waals surface area (Å²) in [7, 11) is 0. The fourth-order valence-corrected chi connectivity index (χ4v) is 3.71. The predicted octanol–water partition coefficient (Wildman–Crippen LogP) is 3.66. The van der Waals surface area contributed by atoms with E-state index in [-0.39, 0.29) is 5.91 Å². The number of pyridine rings is 1. The molecule has 1 aromatic carbocycles. The van der Waals surface area contributed by atoms with Gasteiger partial charge in [-0.1, -0.05) is 18.2 Å². The summed E-state index contributed by atoms with van der Waals surface area (Å²) in [4.78, 5) is 21.8. The maximum absolute atomic E-state index is 12.0. The van der Waals surface area contributed by atoms with Gasteiger partial charge in [-0.3, -0.25) is 9.78 Å². The molecule has 0 bridgehead atoms. The molecule has 6 heteroatoms. The predicted molar refractivity (Wildman–Crippen MR) is 99.2 cm³/mol. The Labute approximate surface area is 149 Å². The van der Waals surface area contributed by atoms with Crippen molar-refractivity contribution in [2.75, 3.05) is 12.3 Å². The molecular formula is C18H17N3OS2. The van der Waals surface area contributed by atoms with Crippen LogP contribution in [-0.2, 0) is 11.2 Å². The summed E-state index contributed by atoms with van der Waals surface area (Å²) in [5, 5.41) is 5.77. The molecule has 0 aliphatic rings. The largest absolute Gasteiger partial charge is 0.355 e. The van der Waals surface area contributed by atoms with Crippen LogP contribution in [0.3, 0.4) is 0 Å². The maximum Gasteiger partial charge on any atom is 0.226 e. The normalized spacial score (nSPS) is 10.5. The van der Waals surface area contributed by atoms with Crippen molar-refractivity contribution in [3.05, 3.63) is 65.9 Å². The number of carbonyl (C=O) groups excluding carboxylic acids is 1. The fraction of sp³-hybridized carbons (Fsp3) is 0.167. The van der Waals surface area contributed by atoms with Gasteiger partial charge in [0.05, 0.1) is 12.1 Å². The van der Waals surface area contributed by atoms with Gasteiger partial charge < -0.3 is 5.32 Å². The fourth-order valence-electron chi connectivity index (χ4n) is 2.11. The van der Waals surface area contributed by atoms with E-state index in [4.69, 9.17) is 0 Å². The highest BCUT2D eigenvalue weighted by Crippen LogP contribution is 2.22. The Morgan fingerprint density at radius 3 is 2.83 bits per heavy atom. The third-order valence-electron chi connectivity index (χ3n) is 3.24. The molecule has 4 nitrogen and oxygen atoms in total. The van der Waals surface area contributed by atoms with Crippen molar-refractivity contribution >= 4 is 29.0 Å². The minimum atomic E-state index is 0.00620. The summed E-state index contributed by atoms with van der Waals surface area (Å²) in [5.41, 5.74) is 1.78. The van der Waals surface area contributed by atoms with E-state index in [9.17, 15) is 4.79 Å². The van der Waals surface area contributed by atoms with Crippen LogP contribution in [-0.4, -0.2) is 28.2 Å². The summed E-state index contributed by atoms with van der Waals surface area (Å²) >= 11 is 3.27. The van der Waals surface area contributed by atoms with E-state index in [1.165, 1.54) is 16.2 Å². The van der Waals surface area contributed by atoms with Gasteiger partial charge in [0.15, 0.2) is 0 Å². The molecule has 24 heavy (non-hydrogen) atoms. The van der Waals surface area contributed by atoms with E-state index in [0.29, 0.717) is 13.0 Å². The number of nitrogens with zero attached hydrogens (tertiary/aromatic N) is 2. The Hall–Kier alpha value is -2.18. The smallest absolute Gasteiger partial charge is 0.226 e. The summed E-state index contributed by atoms with van der Waals surface area (Å²) < 4.78 is 0. The zero-order valence-electron chi connectivity index (χ0n) is 13.0. The number of thiazole rings is 1. The minimum absolute atomic E-state index is 0.00620. The average Bonchev–Trinajstić information content (AvgIpc) is 3.09. The Morgan fingerprint density at radius 1 is 1.17 bits per heavy atom. The molecule has 2 aromatic heterocycles. The van der Waals surface area contributed by atoms with E-state index in [1.807, 2.05) is 35.7 Å². The quantitative estimate of drug-likeness (QED) is 0.519. The molecule has 0 fully saturated rings. The zero-order chi connectivity index (χ0) is 16.6. The van der Waals surface area contributed by atoms with E-state index in [0.717, 1.165) is 22.0 Å². The van der Waals surface area contributed by atoms with Gasteiger partial charge in [0.1, 0.15) is 5.01 Å². The van der Waals surface area contributed by atoms with E-state index in [1.54, 1.807) is 24.2 Å². The highest BCUT2D eigenvalue weighted by atomic mass is 32.2. The lowest BCUT2D eigenvalue weighted by molar-refractivity contribution is -0.120. The molecule has 0 atom stereocenters.